The van der Waals surface area contributed by atoms with Gasteiger partial charge in [-0.2, -0.15) is 0 Å². The van der Waals surface area contributed by atoms with Crippen LogP contribution in [0.2, 0.25) is 0 Å². The predicted octanol–water partition coefficient (Wildman–Crippen LogP) is 22.9. The van der Waals surface area contributed by atoms with E-state index >= 15 is 0 Å². The molecule has 0 radical (unpaired) electrons. The fourth-order valence-electron chi connectivity index (χ4n) is 17.1. The Morgan fingerprint density at radius 3 is 0.971 bits per heavy atom. The summed E-state index contributed by atoms with van der Waals surface area (Å²) < 4.78 is 14.6. The first-order chi connectivity index (χ1) is 50.7. The summed E-state index contributed by atoms with van der Waals surface area (Å²) in [6.45, 7) is 0. The zero-order valence-corrected chi connectivity index (χ0v) is 54.8. The van der Waals surface area contributed by atoms with Crippen LogP contribution in [0, 0.1) is 0 Å². The SMILES string of the molecule is c1ccc(-c2ccccc2-c2c(-c3ccc(-n4c5ccc(-n6c7ccccc7c7ccccc76)cc5c5cc(-n6c7ccccc7c7ccccc76)ccc54)cc3)c(-n3c4ccccc4c4cnccc43)nc(-n3c4ccccc4c4cnccc43)c2-n2c3ccccc3c3cnccc32)cc1. The van der Waals surface area contributed by atoms with Crippen molar-refractivity contribution < 1.29 is 0 Å². The van der Waals surface area contributed by atoms with Gasteiger partial charge in [-0.1, -0.05) is 194 Å². The molecule has 10 nitrogen and oxygen atoms in total. The van der Waals surface area contributed by atoms with E-state index in [9.17, 15) is 0 Å². The molecule has 0 aliphatic rings. The number of nitrogens with zero attached hydrogens (tertiary/aromatic N) is 10. The van der Waals surface area contributed by atoms with Crippen molar-refractivity contribution in [2.75, 3.05) is 0 Å². The van der Waals surface area contributed by atoms with E-state index in [1.807, 2.05) is 37.2 Å². The monoisotopic (exact) mass is 1300 g/mol. The van der Waals surface area contributed by atoms with E-state index in [0.29, 0.717) is 0 Å². The average molecular weight is 1300 g/mol. The van der Waals surface area contributed by atoms with Crippen molar-refractivity contribution in [1.29, 1.82) is 0 Å². The lowest BCUT2D eigenvalue weighted by Gasteiger charge is -2.27. The molecule has 0 saturated carbocycles. The minimum Gasteiger partial charge on any atom is -0.309 e. The molecule has 0 aliphatic carbocycles. The Balaban J connectivity index is 0.876. The van der Waals surface area contributed by atoms with Crippen LogP contribution < -0.4 is 0 Å². The van der Waals surface area contributed by atoms with Gasteiger partial charge in [-0.25, -0.2) is 4.98 Å². The molecule has 0 atom stereocenters. The van der Waals surface area contributed by atoms with E-state index < -0.39 is 0 Å². The molecule has 10 aromatic heterocycles. The van der Waals surface area contributed by atoms with Crippen LogP contribution in [0.4, 0.5) is 0 Å². The van der Waals surface area contributed by atoms with Crippen LogP contribution in [-0.4, -0.2) is 47.3 Å². The quantitative estimate of drug-likeness (QED) is 0.144. The third-order valence-corrected chi connectivity index (χ3v) is 21.3. The van der Waals surface area contributed by atoms with Crippen LogP contribution >= 0.6 is 0 Å². The first kappa shape index (κ1) is 56.1. The molecule has 0 N–H and O–H groups in total. The number of hydrogen-bond donors (Lipinski definition) is 0. The molecule has 10 heteroatoms. The van der Waals surface area contributed by atoms with E-state index in [4.69, 9.17) is 19.9 Å². The van der Waals surface area contributed by atoms with Crippen LogP contribution in [0.3, 0.4) is 0 Å². The normalized spacial score (nSPS) is 12.1. The van der Waals surface area contributed by atoms with Gasteiger partial charge in [0, 0.05) is 130 Å². The number of rotatable bonds is 9. The van der Waals surface area contributed by atoms with Crippen molar-refractivity contribution in [3.8, 4) is 67.8 Å². The minimum atomic E-state index is 0.742. The van der Waals surface area contributed by atoms with E-state index in [1.165, 1.54) is 43.6 Å². The van der Waals surface area contributed by atoms with Gasteiger partial charge in [-0.3, -0.25) is 24.1 Å². The van der Waals surface area contributed by atoms with Crippen molar-refractivity contribution in [3.63, 3.8) is 0 Å². The smallest absolute Gasteiger partial charge is 0.165 e. The average Bonchev–Trinajstić information content (AvgIpc) is 1.43. The Labute approximate surface area is 583 Å². The van der Waals surface area contributed by atoms with Gasteiger partial charge in [-0.05, 0) is 131 Å². The van der Waals surface area contributed by atoms with Crippen LogP contribution in [0.5, 0.6) is 0 Å². The number of benzene rings is 12. The van der Waals surface area contributed by atoms with Gasteiger partial charge in [-0.15, -0.1) is 0 Å². The second kappa shape index (κ2) is 21.8. The molecule has 102 heavy (non-hydrogen) atoms. The summed E-state index contributed by atoms with van der Waals surface area (Å²) in [4.78, 5) is 20.8. The van der Waals surface area contributed by atoms with Crippen LogP contribution in [0.25, 0.3) is 199 Å². The third-order valence-electron chi connectivity index (χ3n) is 21.3. The molecular weight excluding hydrogens is 1250 g/mol. The highest BCUT2D eigenvalue weighted by Crippen LogP contribution is 2.51. The van der Waals surface area contributed by atoms with Crippen molar-refractivity contribution >= 4 is 131 Å². The Hall–Kier alpha value is -14.0. The summed E-state index contributed by atoms with van der Waals surface area (Å²) >= 11 is 0. The van der Waals surface area contributed by atoms with Crippen LogP contribution in [0.1, 0.15) is 0 Å². The van der Waals surface area contributed by atoms with E-state index in [2.05, 4.69) is 331 Å². The lowest BCUT2D eigenvalue weighted by atomic mass is 9.88. The molecule has 10 heterocycles. The number of fused-ring (bicyclic) bond motifs is 18. The van der Waals surface area contributed by atoms with Gasteiger partial charge >= 0.3 is 0 Å². The van der Waals surface area contributed by atoms with Crippen LogP contribution in [-0.2, 0) is 0 Å². The Morgan fingerprint density at radius 2 is 0.520 bits per heavy atom. The number of para-hydroxylation sites is 7. The maximum absolute atomic E-state index is 6.42. The zero-order valence-electron chi connectivity index (χ0n) is 54.8. The highest BCUT2D eigenvalue weighted by atomic mass is 15.2. The van der Waals surface area contributed by atoms with Gasteiger partial charge in [0.1, 0.15) is 5.82 Å². The summed E-state index contributed by atoms with van der Waals surface area (Å²) in [7, 11) is 0. The fraction of sp³-hybridized carbons (Fsp3) is 0. The Bertz CT molecular complexity index is 6820. The molecule has 0 bridgehead atoms. The first-order valence-electron chi connectivity index (χ1n) is 34.6. The van der Waals surface area contributed by atoms with Crippen LogP contribution in [0.15, 0.2) is 340 Å². The standard InChI is InChI=1S/C92H56N10/c1-2-20-57(21-3-1)62-22-4-5-30-70(62)89-88(91(101-81-36-18-11-28-68(81)74-55-94-50-47-86(74)101)96-92(102-82-37-19-12-29-69(82)75-56-95-51-48-87(75)102)90(89)100-80-35-17-10-27-67(80)73-54-93-49-46-85(73)100)58-38-40-59(41-39-58)97-83-44-42-60(98-76-31-13-6-23-63(76)64-24-7-14-32-77(64)98)52-71(83)72-53-61(43-45-84(72)97)99-78-33-15-8-25-65(78)66-26-9-16-34-79(66)99/h1-56H. The van der Waals surface area contributed by atoms with Crippen molar-refractivity contribution in [2.45, 2.75) is 0 Å². The molecule has 22 aromatic rings. The second-order valence-electron chi connectivity index (χ2n) is 26.5. The molecule has 0 unspecified atom stereocenters. The number of aromatic nitrogens is 10. The predicted molar refractivity (Wildman–Crippen MR) is 420 cm³/mol. The van der Waals surface area contributed by atoms with Gasteiger partial charge in [0.15, 0.2) is 5.82 Å². The van der Waals surface area contributed by atoms with E-state index in [0.717, 1.165) is 155 Å². The van der Waals surface area contributed by atoms with E-state index in [-0.39, 0.29) is 0 Å². The maximum Gasteiger partial charge on any atom is 0.165 e. The molecular formula is C92H56N10. The van der Waals surface area contributed by atoms with Crippen molar-refractivity contribution in [1.82, 2.24) is 47.3 Å². The van der Waals surface area contributed by atoms with Crippen molar-refractivity contribution in [3.05, 3.63) is 340 Å². The fourth-order valence-corrected chi connectivity index (χ4v) is 17.1. The zero-order chi connectivity index (χ0) is 66.7. The lowest BCUT2D eigenvalue weighted by Crippen LogP contribution is -2.14. The second-order valence-corrected chi connectivity index (χ2v) is 26.5. The summed E-state index contributed by atoms with van der Waals surface area (Å²) in [6, 6.07) is 111. The number of hydrogen-bond acceptors (Lipinski definition) is 4. The lowest BCUT2D eigenvalue weighted by molar-refractivity contribution is 0.986. The Morgan fingerprint density at radius 1 is 0.196 bits per heavy atom. The van der Waals surface area contributed by atoms with Gasteiger partial charge in [0.25, 0.3) is 0 Å². The molecule has 0 spiro atoms. The van der Waals surface area contributed by atoms with Crippen molar-refractivity contribution in [2.24, 2.45) is 0 Å². The summed E-state index contributed by atoms with van der Waals surface area (Å²) in [6.07, 6.45) is 11.7. The molecule has 22 rings (SSSR count). The molecule has 474 valence electrons. The highest BCUT2D eigenvalue weighted by Gasteiger charge is 2.33. The topological polar surface area (TPSA) is 81.1 Å². The van der Waals surface area contributed by atoms with E-state index in [1.54, 1.807) is 0 Å². The summed E-state index contributed by atoms with van der Waals surface area (Å²) in [5.41, 5.74) is 23.1. The largest absolute Gasteiger partial charge is 0.309 e. The molecule has 0 saturated heterocycles. The summed E-state index contributed by atoms with van der Waals surface area (Å²) in [5, 5.41) is 13.5. The minimum absolute atomic E-state index is 0.742. The maximum atomic E-state index is 6.42. The number of pyridine rings is 4. The Kier molecular flexibility index (Phi) is 12.0. The molecule has 0 aliphatic heterocycles. The van der Waals surface area contributed by atoms with Gasteiger partial charge in [0.05, 0.1) is 71.9 Å². The summed E-state index contributed by atoms with van der Waals surface area (Å²) in [5.74, 6) is 1.50. The molecule has 12 aromatic carbocycles. The van der Waals surface area contributed by atoms with Gasteiger partial charge in [0.2, 0.25) is 0 Å². The molecule has 0 fully saturated rings. The third kappa shape index (κ3) is 7.99. The van der Waals surface area contributed by atoms with Gasteiger partial charge < -0.3 is 18.3 Å². The highest BCUT2D eigenvalue weighted by molar-refractivity contribution is 6.17. The molecule has 0 amide bonds. The first-order valence-corrected chi connectivity index (χ1v) is 34.6.